The SMILES string of the molecule is CC=O.COC(=O)C(C)(C)N1CCC(N(Cc2ccc(-c3ccc(C(F)(F)F)cc3)cc2)C(=O)Cn2c(CCc3cccc(F)c3F)cc(=O)c3cccnc32)CC1. The topological polar surface area (TPSA) is 102 Å². The maximum Gasteiger partial charge on any atom is 0.416 e. The van der Waals surface area contributed by atoms with E-state index in [1.807, 2.05) is 17.0 Å². The lowest BCUT2D eigenvalue weighted by atomic mass is 9.95. The second kappa shape index (κ2) is 18.7. The van der Waals surface area contributed by atoms with Crippen LogP contribution in [0.5, 0.6) is 0 Å². The molecule has 58 heavy (non-hydrogen) atoms. The van der Waals surface area contributed by atoms with Crippen molar-refractivity contribution in [2.75, 3.05) is 20.2 Å². The van der Waals surface area contributed by atoms with Gasteiger partial charge in [0.15, 0.2) is 17.1 Å². The van der Waals surface area contributed by atoms with Crippen LogP contribution in [0, 0.1) is 11.6 Å². The number of fused-ring (bicyclic) bond motifs is 1. The Balaban J connectivity index is 0.00000207. The summed E-state index contributed by atoms with van der Waals surface area (Å²) in [4.78, 5) is 57.5. The van der Waals surface area contributed by atoms with E-state index >= 15 is 0 Å². The van der Waals surface area contributed by atoms with Gasteiger partial charge in [-0.2, -0.15) is 13.2 Å². The number of ether oxygens (including phenoxy) is 1. The first-order valence-electron chi connectivity index (χ1n) is 18.8. The molecule has 2 aromatic heterocycles. The summed E-state index contributed by atoms with van der Waals surface area (Å²) in [5.41, 5.74) is 1.03. The second-order valence-corrected chi connectivity index (χ2v) is 14.5. The highest BCUT2D eigenvalue weighted by Crippen LogP contribution is 2.32. The van der Waals surface area contributed by atoms with Gasteiger partial charge in [-0.25, -0.2) is 13.8 Å². The van der Waals surface area contributed by atoms with E-state index in [-0.39, 0.29) is 60.5 Å². The van der Waals surface area contributed by atoms with E-state index in [9.17, 15) is 36.3 Å². The van der Waals surface area contributed by atoms with Crippen molar-refractivity contribution in [1.29, 1.82) is 0 Å². The first-order valence-corrected chi connectivity index (χ1v) is 18.8. The summed E-state index contributed by atoms with van der Waals surface area (Å²) >= 11 is 0. The van der Waals surface area contributed by atoms with Crippen molar-refractivity contribution in [1.82, 2.24) is 19.4 Å². The number of hydrogen-bond acceptors (Lipinski definition) is 7. The number of benzene rings is 3. The number of nitrogens with zero attached hydrogens (tertiary/aromatic N) is 4. The van der Waals surface area contributed by atoms with Crippen LogP contribution in [0.3, 0.4) is 0 Å². The highest BCUT2D eigenvalue weighted by atomic mass is 19.4. The summed E-state index contributed by atoms with van der Waals surface area (Å²) in [5, 5.41) is 0.305. The molecule has 6 rings (SSSR count). The minimum absolute atomic E-state index is 0.0685. The Bertz CT molecular complexity index is 2280. The van der Waals surface area contributed by atoms with Gasteiger partial charge >= 0.3 is 12.1 Å². The molecule has 0 aliphatic carbocycles. The molecule has 14 heteroatoms. The standard InChI is InChI=1S/C42H41F5N4O4.C2H4O/c1-41(2,40(54)55-3)49-22-19-32(20-23-49)50(25-27-9-11-28(12-10-27)29-13-16-31(17-14-29)42(45,46)47)37(53)26-51-33(18-15-30-6-4-8-35(43)38(30)44)24-36(52)34-7-5-21-48-39(34)51;1-2-3/h4-14,16-17,21,24,32H,15,18-20,22-23,25-26H2,1-3H3;2H,1H3. The van der Waals surface area contributed by atoms with Crippen LogP contribution in [-0.2, 0) is 51.2 Å². The predicted octanol–water partition coefficient (Wildman–Crippen LogP) is 7.80. The number of piperidine rings is 1. The number of aryl methyl sites for hydroxylation is 2. The van der Waals surface area contributed by atoms with Gasteiger partial charge in [-0.1, -0.05) is 48.5 Å². The first kappa shape index (κ1) is 43.4. The summed E-state index contributed by atoms with van der Waals surface area (Å²) in [6, 6.07) is 20.5. The van der Waals surface area contributed by atoms with Crippen molar-refractivity contribution >= 4 is 29.2 Å². The average Bonchev–Trinajstić information content (AvgIpc) is 3.21. The Morgan fingerprint density at radius 2 is 1.53 bits per heavy atom. The Hall–Kier alpha value is -5.76. The number of pyridine rings is 2. The van der Waals surface area contributed by atoms with Crippen LogP contribution in [0.1, 0.15) is 56.0 Å². The van der Waals surface area contributed by atoms with E-state index in [2.05, 4.69) is 4.98 Å². The van der Waals surface area contributed by atoms with E-state index < -0.39 is 28.9 Å². The van der Waals surface area contributed by atoms with Gasteiger partial charge in [0, 0.05) is 43.6 Å². The molecule has 1 saturated heterocycles. The molecule has 3 heterocycles. The predicted molar refractivity (Wildman–Crippen MR) is 210 cm³/mol. The number of methoxy groups -OCH3 is 1. The van der Waals surface area contributed by atoms with Crippen molar-refractivity contribution in [3.05, 3.63) is 135 Å². The Morgan fingerprint density at radius 3 is 2.14 bits per heavy atom. The van der Waals surface area contributed by atoms with Gasteiger partial charge in [0.2, 0.25) is 5.91 Å². The maximum atomic E-state index is 14.6. The molecule has 0 spiro atoms. The monoisotopic (exact) mass is 804 g/mol. The molecule has 1 aliphatic heterocycles. The molecular formula is C44H45F5N4O5. The lowest BCUT2D eigenvalue weighted by Crippen LogP contribution is -2.56. The van der Waals surface area contributed by atoms with Crippen molar-refractivity contribution in [3.63, 3.8) is 0 Å². The van der Waals surface area contributed by atoms with E-state index in [0.29, 0.717) is 48.1 Å². The molecule has 0 saturated carbocycles. The number of alkyl halides is 3. The number of aromatic nitrogens is 2. The largest absolute Gasteiger partial charge is 0.468 e. The lowest BCUT2D eigenvalue weighted by Gasteiger charge is -2.44. The Morgan fingerprint density at radius 1 is 0.914 bits per heavy atom. The number of carbonyl (C=O) groups excluding carboxylic acids is 3. The van der Waals surface area contributed by atoms with Crippen molar-refractivity contribution < 1.29 is 41.1 Å². The van der Waals surface area contributed by atoms with Crippen LogP contribution < -0.4 is 5.43 Å². The number of halogens is 5. The van der Waals surface area contributed by atoms with Gasteiger partial charge in [-0.3, -0.25) is 19.3 Å². The van der Waals surface area contributed by atoms with Crippen molar-refractivity contribution in [2.45, 2.75) is 77.3 Å². The quantitative estimate of drug-likeness (QED) is 0.0764. The van der Waals surface area contributed by atoms with Gasteiger partial charge in [-0.05, 0) is 99.0 Å². The number of rotatable bonds is 11. The normalized spacial score (nSPS) is 13.7. The number of amides is 1. The van der Waals surface area contributed by atoms with Gasteiger partial charge in [0.05, 0.1) is 18.1 Å². The minimum atomic E-state index is -4.44. The van der Waals surface area contributed by atoms with Crippen molar-refractivity contribution in [2.24, 2.45) is 0 Å². The fourth-order valence-electron chi connectivity index (χ4n) is 7.25. The fraction of sp³-hybridized carbons (Fsp3) is 0.341. The highest BCUT2D eigenvalue weighted by Gasteiger charge is 2.39. The smallest absolute Gasteiger partial charge is 0.416 e. The van der Waals surface area contributed by atoms with Gasteiger partial charge in [0.1, 0.15) is 24.0 Å². The van der Waals surface area contributed by atoms with Crippen LogP contribution >= 0.6 is 0 Å². The maximum absolute atomic E-state index is 14.6. The second-order valence-electron chi connectivity index (χ2n) is 14.5. The average molecular weight is 805 g/mol. The molecule has 0 radical (unpaired) electrons. The minimum Gasteiger partial charge on any atom is -0.468 e. The zero-order valence-electron chi connectivity index (χ0n) is 32.7. The number of likely N-dealkylation sites (tertiary alicyclic amines) is 1. The molecule has 0 bridgehead atoms. The summed E-state index contributed by atoms with van der Waals surface area (Å²) in [6.45, 7) is 6.06. The number of hydrogen-bond donors (Lipinski definition) is 0. The Kier molecular flexibility index (Phi) is 14.0. The molecule has 0 N–H and O–H groups in total. The van der Waals surface area contributed by atoms with Gasteiger partial charge in [-0.15, -0.1) is 0 Å². The highest BCUT2D eigenvalue weighted by molar-refractivity contribution is 5.81. The lowest BCUT2D eigenvalue weighted by molar-refractivity contribution is -0.155. The van der Waals surface area contributed by atoms with E-state index in [1.54, 1.807) is 47.6 Å². The summed E-state index contributed by atoms with van der Waals surface area (Å²) in [6.07, 6.45) is -0.884. The molecule has 0 unspecified atom stereocenters. The number of aldehydes is 1. The molecule has 1 fully saturated rings. The van der Waals surface area contributed by atoms with E-state index in [1.165, 1.54) is 50.6 Å². The molecular weight excluding hydrogens is 759 g/mol. The summed E-state index contributed by atoms with van der Waals surface area (Å²) < 4.78 is 74.8. The number of carbonyl (C=O) groups is 3. The third kappa shape index (κ3) is 10.0. The molecule has 0 atom stereocenters. The van der Waals surface area contributed by atoms with E-state index in [4.69, 9.17) is 9.53 Å². The Labute approximate surface area is 333 Å². The molecule has 1 aliphatic rings. The van der Waals surface area contributed by atoms with E-state index in [0.717, 1.165) is 30.0 Å². The molecule has 306 valence electrons. The summed E-state index contributed by atoms with van der Waals surface area (Å²) in [7, 11) is 1.35. The van der Waals surface area contributed by atoms with Crippen LogP contribution in [0.2, 0.25) is 0 Å². The molecule has 5 aromatic rings. The zero-order valence-corrected chi connectivity index (χ0v) is 32.7. The zero-order chi connectivity index (χ0) is 42.2. The third-order valence-corrected chi connectivity index (χ3v) is 10.5. The van der Waals surface area contributed by atoms with Crippen LogP contribution in [-0.4, -0.2) is 69.3 Å². The number of esters is 1. The van der Waals surface area contributed by atoms with Crippen molar-refractivity contribution in [3.8, 4) is 11.1 Å². The van der Waals surface area contributed by atoms with Gasteiger partial charge in [0.25, 0.3) is 0 Å². The van der Waals surface area contributed by atoms with Gasteiger partial charge < -0.3 is 19.0 Å². The molecule has 9 nitrogen and oxygen atoms in total. The fourth-order valence-corrected chi connectivity index (χ4v) is 7.25. The molecule has 1 amide bonds. The third-order valence-electron chi connectivity index (χ3n) is 10.5. The summed E-state index contributed by atoms with van der Waals surface area (Å²) in [5.74, 6) is -2.58. The first-order chi connectivity index (χ1) is 27.6. The van der Waals surface area contributed by atoms with Crippen LogP contribution in [0.25, 0.3) is 22.2 Å². The van der Waals surface area contributed by atoms with Crippen LogP contribution in [0.15, 0.2) is 95.9 Å². The molecule has 3 aromatic carbocycles. The van der Waals surface area contributed by atoms with Crippen LogP contribution in [0.4, 0.5) is 22.0 Å².